The number of benzene rings is 1. The van der Waals surface area contributed by atoms with Gasteiger partial charge in [0.1, 0.15) is 5.60 Å². The Hall–Kier alpha value is -1.23. The monoisotopic (exact) mass is 307 g/mol. The standard InChI is InChI=1S/C14H14BrNO2/c15-13-5-3-11(4-6-13)14(18,7-9-17)12-2-1-8-16-10-12/h1-6,8,10,17-18H,7,9H2. The Morgan fingerprint density at radius 2 is 1.83 bits per heavy atom. The van der Waals surface area contributed by atoms with Gasteiger partial charge in [0.25, 0.3) is 0 Å². The minimum atomic E-state index is -1.20. The van der Waals surface area contributed by atoms with Gasteiger partial charge in [-0.25, -0.2) is 0 Å². The molecule has 1 atom stereocenters. The van der Waals surface area contributed by atoms with Gasteiger partial charge in [-0.15, -0.1) is 0 Å². The van der Waals surface area contributed by atoms with Crippen LogP contribution in [0.3, 0.4) is 0 Å². The Morgan fingerprint density at radius 3 is 2.39 bits per heavy atom. The Kier molecular flexibility index (Phi) is 4.11. The number of halogens is 1. The van der Waals surface area contributed by atoms with Crippen LogP contribution in [0.1, 0.15) is 17.5 Å². The maximum absolute atomic E-state index is 10.8. The van der Waals surface area contributed by atoms with Crippen LogP contribution in [-0.4, -0.2) is 21.8 Å². The fraction of sp³-hybridized carbons (Fsp3) is 0.214. The van der Waals surface area contributed by atoms with Crippen molar-refractivity contribution in [3.8, 4) is 0 Å². The molecule has 4 heteroatoms. The molecule has 1 aromatic heterocycles. The zero-order valence-corrected chi connectivity index (χ0v) is 11.3. The van der Waals surface area contributed by atoms with Gasteiger partial charge in [-0.1, -0.05) is 34.1 Å². The fourth-order valence-electron chi connectivity index (χ4n) is 1.95. The predicted molar refractivity (Wildman–Crippen MR) is 73.1 cm³/mol. The molecule has 0 amide bonds. The fourth-order valence-corrected chi connectivity index (χ4v) is 2.21. The average molecular weight is 308 g/mol. The first-order chi connectivity index (χ1) is 8.66. The summed E-state index contributed by atoms with van der Waals surface area (Å²) >= 11 is 3.36. The van der Waals surface area contributed by atoms with Crippen LogP contribution in [0.5, 0.6) is 0 Å². The van der Waals surface area contributed by atoms with Crippen molar-refractivity contribution in [1.29, 1.82) is 0 Å². The van der Waals surface area contributed by atoms with E-state index in [0.717, 1.165) is 10.0 Å². The summed E-state index contributed by atoms with van der Waals surface area (Å²) < 4.78 is 0.948. The van der Waals surface area contributed by atoms with E-state index in [2.05, 4.69) is 20.9 Å². The molecule has 0 saturated carbocycles. The van der Waals surface area contributed by atoms with Crippen molar-refractivity contribution in [2.24, 2.45) is 0 Å². The van der Waals surface area contributed by atoms with E-state index in [4.69, 9.17) is 0 Å². The summed E-state index contributed by atoms with van der Waals surface area (Å²) in [6.07, 6.45) is 3.52. The molecule has 2 N–H and O–H groups in total. The maximum atomic E-state index is 10.8. The molecule has 3 nitrogen and oxygen atoms in total. The minimum absolute atomic E-state index is 0.0958. The van der Waals surface area contributed by atoms with Crippen molar-refractivity contribution in [1.82, 2.24) is 4.98 Å². The average Bonchev–Trinajstić information content (AvgIpc) is 2.40. The molecule has 0 aliphatic heterocycles. The maximum Gasteiger partial charge on any atom is 0.118 e. The van der Waals surface area contributed by atoms with Gasteiger partial charge >= 0.3 is 0 Å². The number of hydrogen-bond donors (Lipinski definition) is 2. The van der Waals surface area contributed by atoms with E-state index in [1.807, 2.05) is 30.3 Å². The number of aliphatic hydroxyl groups is 2. The second kappa shape index (κ2) is 5.61. The SMILES string of the molecule is OCCC(O)(c1ccc(Br)cc1)c1cccnc1. The van der Waals surface area contributed by atoms with E-state index in [-0.39, 0.29) is 13.0 Å². The third-order valence-electron chi connectivity index (χ3n) is 2.93. The molecule has 2 aromatic rings. The largest absolute Gasteiger partial charge is 0.396 e. The lowest BCUT2D eigenvalue weighted by Gasteiger charge is -2.28. The van der Waals surface area contributed by atoms with Crippen molar-refractivity contribution >= 4 is 15.9 Å². The van der Waals surface area contributed by atoms with E-state index in [0.29, 0.717) is 5.56 Å². The van der Waals surface area contributed by atoms with Gasteiger partial charge < -0.3 is 10.2 Å². The highest BCUT2D eigenvalue weighted by Gasteiger charge is 2.31. The van der Waals surface area contributed by atoms with Crippen LogP contribution in [0.15, 0.2) is 53.3 Å². The molecule has 94 valence electrons. The van der Waals surface area contributed by atoms with E-state index in [1.54, 1.807) is 18.5 Å². The molecule has 18 heavy (non-hydrogen) atoms. The second-order valence-corrected chi connectivity index (χ2v) is 5.00. The first-order valence-corrected chi connectivity index (χ1v) is 6.46. The Balaban J connectivity index is 2.47. The van der Waals surface area contributed by atoms with Crippen LogP contribution >= 0.6 is 15.9 Å². The van der Waals surface area contributed by atoms with Crippen molar-refractivity contribution in [2.75, 3.05) is 6.61 Å². The van der Waals surface area contributed by atoms with Gasteiger partial charge in [0.15, 0.2) is 0 Å². The highest BCUT2D eigenvalue weighted by molar-refractivity contribution is 9.10. The smallest absolute Gasteiger partial charge is 0.118 e. The van der Waals surface area contributed by atoms with Crippen LogP contribution in [-0.2, 0) is 5.60 Å². The second-order valence-electron chi connectivity index (χ2n) is 4.08. The summed E-state index contributed by atoms with van der Waals surface area (Å²) in [5.74, 6) is 0. The van der Waals surface area contributed by atoms with Gasteiger partial charge in [0, 0.05) is 35.5 Å². The number of nitrogens with zero attached hydrogens (tertiary/aromatic N) is 1. The molecule has 0 bridgehead atoms. The molecule has 0 aliphatic rings. The van der Waals surface area contributed by atoms with Gasteiger partial charge in [-0.05, 0) is 23.8 Å². The highest BCUT2D eigenvalue weighted by Crippen LogP contribution is 2.32. The molecule has 0 aliphatic carbocycles. The summed E-state index contributed by atoms with van der Waals surface area (Å²) in [5, 5.41) is 20.0. The van der Waals surface area contributed by atoms with Crippen LogP contribution < -0.4 is 0 Å². The molecule has 0 radical (unpaired) electrons. The lowest BCUT2D eigenvalue weighted by Crippen LogP contribution is -2.28. The molecule has 2 rings (SSSR count). The van der Waals surface area contributed by atoms with E-state index < -0.39 is 5.60 Å². The molecule has 1 aromatic carbocycles. The van der Waals surface area contributed by atoms with Gasteiger partial charge in [0.05, 0.1) is 0 Å². The number of pyridine rings is 1. The number of rotatable bonds is 4. The molecular formula is C14H14BrNO2. The summed E-state index contributed by atoms with van der Waals surface area (Å²) in [5.41, 5.74) is 0.220. The van der Waals surface area contributed by atoms with Crippen LogP contribution in [0.2, 0.25) is 0 Å². The molecule has 0 fully saturated rings. The number of hydrogen-bond acceptors (Lipinski definition) is 3. The van der Waals surface area contributed by atoms with Crippen LogP contribution in [0, 0.1) is 0 Å². The van der Waals surface area contributed by atoms with Gasteiger partial charge in [-0.3, -0.25) is 4.98 Å². The third-order valence-corrected chi connectivity index (χ3v) is 3.46. The van der Waals surface area contributed by atoms with E-state index >= 15 is 0 Å². The number of aromatic nitrogens is 1. The Bertz CT molecular complexity index is 501. The zero-order valence-electron chi connectivity index (χ0n) is 9.75. The molecule has 0 saturated heterocycles. The first kappa shape index (κ1) is 13.2. The van der Waals surface area contributed by atoms with Crippen molar-refractivity contribution in [3.63, 3.8) is 0 Å². The molecule has 0 spiro atoms. The summed E-state index contributed by atoms with van der Waals surface area (Å²) in [4.78, 5) is 4.03. The summed E-state index contributed by atoms with van der Waals surface area (Å²) in [6, 6.07) is 11.0. The van der Waals surface area contributed by atoms with Crippen LogP contribution in [0.4, 0.5) is 0 Å². The topological polar surface area (TPSA) is 53.4 Å². The van der Waals surface area contributed by atoms with Crippen molar-refractivity contribution in [2.45, 2.75) is 12.0 Å². The van der Waals surface area contributed by atoms with Crippen molar-refractivity contribution in [3.05, 3.63) is 64.4 Å². The summed E-state index contributed by atoms with van der Waals surface area (Å²) in [7, 11) is 0. The van der Waals surface area contributed by atoms with Crippen LogP contribution in [0.25, 0.3) is 0 Å². The quantitative estimate of drug-likeness (QED) is 0.912. The normalized spacial score (nSPS) is 14.2. The zero-order chi connectivity index (χ0) is 13.0. The van der Waals surface area contributed by atoms with Crippen molar-refractivity contribution < 1.29 is 10.2 Å². The first-order valence-electron chi connectivity index (χ1n) is 5.66. The molecular weight excluding hydrogens is 294 g/mol. The molecule has 1 unspecified atom stereocenters. The lowest BCUT2D eigenvalue weighted by molar-refractivity contribution is 0.0506. The van der Waals surface area contributed by atoms with E-state index in [1.165, 1.54) is 0 Å². The van der Waals surface area contributed by atoms with Gasteiger partial charge in [0.2, 0.25) is 0 Å². The minimum Gasteiger partial charge on any atom is -0.396 e. The number of aliphatic hydroxyl groups excluding tert-OH is 1. The third kappa shape index (κ3) is 2.61. The Labute approximate surface area is 114 Å². The Morgan fingerprint density at radius 1 is 1.11 bits per heavy atom. The lowest BCUT2D eigenvalue weighted by atomic mass is 9.85. The highest BCUT2D eigenvalue weighted by atomic mass is 79.9. The van der Waals surface area contributed by atoms with Gasteiger partial charge in [-0.2, -0.15) is 0 Å². The predicted octanol–water partition coefficient (Wildman–Crippen LogP) is 2.46. The molecule has 1 heterocycles. The summed E-state index contributed by atoms with van der Waals surface area (Å²) in [6.45, 7) is -0.0958. The van der Waals surface area contributed by atoms with E-state index in [9.17, 15) is 10.2 Å².